The lowest BCUT2D eigenvalue weighted by atomic mass is 9.81. The number of carbonyl (C=O) groups excluding carboxylic acids is 1. The third-order valence-corrected chi connectivity index (χ3v) is 6.26. The molecule has 0 aromatic carbocycles. The molecule has 130 valence electrons. The topological polar surface area (TPSA) is 116 Å². The van der Waals surface area contributed by atoms with Crippen molar-refractivity contribution in [2.75, 3.05) is 52.2 Å². The van der Waals surface area contributed by atoms with Crippen molar-refractivity contribution in [3.63, 3.8) is 0 Å². The van der Waals surface area contributed by atoms with E-state index in [2.05, 4.69) is 5.32 Å². The summed E-state index contributed by atoms with van der Waals surface area (Å²) in [7, 11) is -3.15. The summed E-state index contributed by atoms with van der Waals surface area (Å²) in [6.45, 7) is 2.24. The van der Waals surface area contributed by atoms with Crippen molar-refractivity contribution in [2.24, 2.45) is 17.3 Å². The molecule has 3 aliphatic rings. The molecule has 3 fully saturated rings. The lowest BCUT2D eigenvalue weighted by Gasteiger charge is -2.37. The summed E-state index contributed by atoms with van der Waals surface area (Å²) in [5.41, 5.74) is -0.985. The first kappa shape index (κ1) is 16.5. The van der Waals surface area contributed by atoms with Crippen LogP contribution in [0.15, 0.2) is 0 Å². The average molecular weight is 347 g/mol. The van der Waals surface area contributed by atoms with Crippen LogP contribution in [-0.2, 0) is 19.6 Å². The predicted molar refractivity (Wildman–Crippen MR) is 79.3 cm³/mol. The quantitative estimate of drug-likeness (QED) is 0.647. The van der Waals surface area contributed by atoms with E-state index >= 15 is 0 Å². The number of carbonyl (C=O) groups is 2. The Bertz CT molecular complexity index is 617. The maximum absolute atomic E-state index is 12.2. The van der Waals surface area contributed by atoms with Crippen molar-refractivity contribution in [3.8, 4) is 0 Å². The number of nitrogens with one attached hydrogen (secondary N) is 1. The van der Waals surface area contributed by atoms with Crippen molar-refractivity contribution >= 4 is 22.0 Å². The number of sulfonamides is 1. The fourth-order valence-corrected chi connectivity index (χ4v) is 4.42. The molecule has 2 N–H and O–H groups in total. The molecular weight excluding hydrogens is 326 g/mol. The van der Waals surface area contributed by atoms with E-state index in [1.54, 1.807) is 0 Å². The Morgan fingerprint density at radius 3 is 2.61 bits per heavy atom. The first-order chi connectivity index (χ1) is 10.7. The minimum atomic E-state index is -3.15. The number of hydrogen-bond donors (Lipinski definition) is 2. The summed E-state index contributed by atoms with van der Waals surface area (Å²) in [6, 6.07) is -0.294. The molecule has 2 atom stereocenters. The van der Waals surface area contributed by atoms with Crippen molar-refractivity contribution in [3.05, 3.63) is 0 Å². The van der Waals surface area contributed by atoms with Crippen LogP contribution in [0.2, 0.25) is 0 Å². The smallest absolute Gasteiger partial charge is 0.317 e. The van der Waals surface area contributed by atoms with Gasteiger partial charge in [-0.3, -0.25) is 4.79 Å². The Kier molecular flexibility index (Phi) is 4.01. The molecule has 3 aliphatic heterocycles. The minimum absolute atomic E-state index is 0.104. The number of rotatable bonds is 4. The molecule has 0 spiro atoms. The van der Waals surface area contributed by atoms with E-state index in [9.17, 15) is 23.1 Å². The zero-order valence-corrected chi connectivity index (χ0v) is 13.7. The van der Waals surface area contributed by atoms with Gasteiger partial charge in [-0.1, -0.05) is 0 Å². The van der Waals surface area contributed by atoms with Crippen LogP contribution in [0.4, 0.5) is 4.79 Å². The largest absolute Gasteiger partial charge is 0.481 e. The van der Waals surface area contributed by atoms with Crippen LogP contribution < -0.4 is 5.32 Å². The zero-order chi connectivity index (χ0) is 16.8. The van der Waals surface area contributed by atoms with Crippen LogP contribution in [0.25, 0.3) is 0 Å². The van der Waals surface area contributed by atoms with E-state index in [-0.39, 0.29) is 31.0 Å². The molecule has 3 saturated heterocycles. The number of fused-ring (bicyclic) bond motifs is 1. The molecule has 0 unspecified atom stereocenters. The lowest BCUT2D eigenvalue weighted by Crippen LogP contribution is -2.54. The number of urea groups is 1. The van der Waals surface area contributed by atoms with Crippen molar-refractivity contribution < 1.29 is 27.9 Å². The Labute approximate surface area is 134 Å². The van der Waals surface area contributed by atoms with E-state index in [0.29, 0.717) is 32.8 Å². The van der Waals surface area contributed by atoms with Gasteiger partial charge in [0.2, 0.25) is 10.0 Å². The number of carboxylic acid groups (broad SMARTS) is 1. The molecule has 2 amide bonds. The molecule has 3 heterocycles. The molecule has 23 heavy (non-hydrogen) atoms. The van der Waals surface area contributed by atoms with Gasteiger partial charge in [0.15, 0.2) is 0 Å². The highest BCUT2D eigenvalue weighted by Crippen LogP contribution is 2.41. The number of likely N-dealkylation sites (tertiary alicyclic amines) is 1. The Balaban J connectivity index is 1.48. The van der Waals surface area contributed by atoms with Crippen LogP contribution in [0.1, 0.15) is 0 Å². The number of carboxylic acids is 1. The molecule has 0 aliphatic carbocycles. The van der Waals surface area contributed by atoms with Crippen molar-refractivity contribution in [1.29, 1.82) is 0 Å². The molecular formula is C13H21N3O6S. The molecule has 0 radical (unpaired) electrons. The summed E-state index contributed by atoms with van der Waals surface area (Å²) < 4.78 is 29.2. The highest BCUT2D eigenvalue weighted by atomic mass is 32.2. The molecule has 0 aromatic rings. The van der Waals surface area contributed by atoms with Crippen LogP contribution in [0.5, 0.6) is 0 Å². The summed E-state index contributed by atoms with van der Waals surface area (Å²) >= 11 is 0. The van der Waals surface area contributed by atoms with Crippen LogP contribution in [-0.4, -0.2) is 86.9 Å². The van der Waals surface area contributed by atoms with Gasteiger partial charge in [0, 0.05) is 44.6 Å². The summed E-state index contributed by atoms with van der Waals surface area (Å²) in [4.78, 5) is 25.3. The van der Waals surface area contributed by atoms with Crippen LogP contribution in [0.3, 0.4) is 0 Å². The standard InChI is InChI=1S/C13H21N3O6S/c1-23(20,21)16-3-9(4-16)2-14-12(19)15-5-10-6-22-8-13(10,7-15)11(17)18/h9-10H,2-8H2,1H3,(H,14,19)(H,17,18)/t10-,13-/m1/s1. The second-order valence-electron chi connectivity index (χ2n) is 6.69. The molecule has 9 nitrogen and oxygen atoms in total. The first-order valence-corrected chi connectivity index (χ1v) is 9.36. The first-order valence-electron chi connectivity index (χ1n) is 7.51. The maximum atomic E-state index is 12.2. The number of aliphatic carboxylic acids is 1. The summed E-state index contributed by atoms with van der Waals surface area (Å²) in [6.07, 6.45) is 1.16. The van der Waals surface area contributed by atoms with Crippen molar-refractivity contribution in [2.45, 2.75) is 0 Å². The Hall–Kier alpha value is -1.39. The normalized spacial score (nSPS) is 31.7. The number of ether oxygens (including phenoxy) is 1. The van der Waals surface area contributed by atoms with Gasteiger partial charge in [0.1, 0.15) is 5.41 Å². The minimum Gasteiger partial charge on any atom is -0.481 e. The third-order valence-electron chi connectivity index (χ3n) is 5.02. The molecule has 0 saturated carbocycles. The SMILES string of the molecule is CS(=O)(=O)N1CC(CNC(=O)N2C[C@@H]3COC[C@]3(C(=O)O)C2)C1. The number of nitrogens with zero attached hydrogens (tertiary/aromatic N) is 2. The Morgan fingerprint density at radius 1 is 1.35 bits per heavy atom. The van der Waals surface area contributed by atoms with E-state index in [0.717, 1.165) is 6.26 Å². The van der Waals surface area contributed by atoms with Gasteiger partial charge < -0.3 is 20.1 Å². The van der Waals surface area contributed by atoms with Crippen LogP contribution >= 0.6 is 0 Å². The van der Waals surface area contributed by atoms with Gasteiger partial charge in [-0.15, -0.1) is 0 Å². The lowest BCUT2D eigenvalue weighted by molar-refractivity contribution is -0.149. The maximum Gasteiger partial charge on any atom is 0.317 e. The van der Waals surface area contributed by atoms with E-state index < -0.39 is 21.4 Å². The molecule has 0 aromatic heterocycles. The van der Waals surface area contributed by atoms with Gasteiger partial charge in [0.05, 0.1) is 19.5 Å². The number of amides is 2. The average Bonchev–Trinajstić information content (AvgIpc) is 2.91. The summed E-state index contributed by atoms with van der Waals surface area (Å²) in [5.74, 6) is -0.985. The fourth-order valence-electron chi connectivity index (χ4n) is 3.46. The second-order valence-corrected chi connectivity index (χ2v) is 8.67. The van der Waals surface area contributed by atoms with Gasteiger partial charge in [-0.2, -0.15) is 0 Å². The van der Waals surface area contributed by atoms with E-state index in [4.69, 9.17) is 4.74 Å². The van der Waals surface area contributed by atoms with E-state index in [1.165, 1.54) is 9.21 Å². The van der Waals surface area contributed by atoms with Gasteiger partial charge in [-0.25, -0.2) is 17.5 Å². The summed E-state index contributed by atoms with van der Waals surface area (Å²) in [5, 5.41) is 12.2. The molecule has 0 bridgehead atoms. The Morgan fingerprint density at radius 2 is 2.04 bits per heavy atom. The molecule has 10 heteroatoms. The zero-order valence-electron chi connectivity index (χ0n) is 12.9. The van der Waals surface area contributed by atoms with Gasteiger partial charge in [-0.05, 0) is 0 Å². The predicted octanol–water partition coefficient (Wildman–Crippen LogP) is -1.38. The second kappa shape index (κ2) is 5.60. The van der Waals surface area contributed by atoms with Crippen molar-refractivity contribution in [1.82, 2.24) is 14.5 Å². The molecule has 3 rings (SSSR count). The third kappa shape index (κ3) is 2.90. The highest BCUT2D eigenvalue weighted by Gasteiger charge is 2.57. The number of hydrogen-bond acceptors (Lipinski definition) is 5. The highest BCUT2D eigenvalue weighted by molar-refractivity contribution is 7.88. The van der Waals surface area contributed by atoms with E-state index in [1.807, 2.05) is 0 Å². The van der Waals surface area contributed by atoms with Crippen LogP contribution in [0, 0.1) is 17.3 Å². The fraction of sp³-hybridized carbons (Fsp3) is 0.846. The van der Waals surface area contributed by atoms with Gasteiger partial charge in [0.25, 0.3) is 0 Å². The van der Waals surface area contributed by atoms with Gasteiger partial charge >= 0.3 is 12.0 Å². The monoisotopic (exact) mass is 347 g/mol.